The van der Waals surface area contributed by atoms with Gasteiger partial charge in [-0.2, -0.15) is 5.10 Å². The standard InChI is InChI=1S/C9H10N4/c1-6(2)8-7-3-4-12-13-9(7)11-5-10-8/h3-6H,1-2H3. The number of nitrogens with zero attached hydrogens (tertiary/aromatic N) is 4. The predicted octanol–water partition coefficient (Wildman–Crippen LogP) is 1.54. The molecule has 13 heavy (non-hydrogen) atoms. The van der Waals surface area contributed by atoms with Crippen molar-refractivity contribution in [3.05, 3.63) is 24.3 Å². The first-order chi connectivity index (χ1) is 6.29. The Kier molecular flexibility index (Phi) is 1.88. The molecule has 2 heterocycles. The van der Waals surface area contributed by atoms with E-state index in [0.29, 0.717) is 11.6 Å². The molecule has 66 valence electrons. The highest BCUT2D eigenvalue weighted by Gasteiger charge is 2.07. The third-order valence-corrected chi connectivity index (χ3v) is 1.90. The van der Waals surface area contributed by atoms with E-state index >= 15 is 0 Å². The van der Waals surface area contributed by atoms with Gasteiger partial charge in [-0.1, -0.05) is 13.8 Å². The summed E-state index contributed by atoms with van der Waals surface area (Å²) in [5.74, 6) is 0.384. The molecule has 0 amide bonds. The maximum absolute atomic E-state index is 4.23. The highest BCUT2D eigenvalue weighted by atomic mass is 15.1. The second-order valence-corrected chi connectivity index (χ2v) is 3.18. The first-order valence-corrected chi connectivity index (χ1v) is 4.21. The average molecular weight is 174 g/mol. The molecule has 0 N–H and O–H groups in total. The van der Waals surface area contributed by atoms with Gasteiger partial charge in [-0.15, -0.1) is 5.10 Å². The van der Waals surface area contributed by atoms with Gasteiger partial charge in [-0.05, 0) is 12.0 Å². The largest absolute Gasteiger partial charge is 0.240 e. The molecular weight excluding hydrogens is 164 g/mol. The van der Waals surface area contributed by atoms with Gasteiger partial charge in [0.2, 0.25) is 0 Å². The maximum Gasteiger partial charge on any atom is 0.185 e. The first kappa shape index (κ1) is 8.04. The summed E-state index contributed by atoms with van der Waals surface area (Å²) in [5, 5.41) is 8.69. The van der Waals surface area contributed by atoms with Crippen LogP contribution in [-0.2, 0) is 0 Å². The van der Waals surface area contributed by atoms with E-state index in [1.165, 1.54) is 6.33 Å². The Labute approximate surface area is 76.1 Å². The van der Waals surface area contributed by atoms with Gasteiger partial charge in [0.25, 0.3) is 0 Å². The minimum Gasteiger partial charge on any atom is -0.240 e. The van der Waals surface area contributed by atoms with Crippen molar-refractivity contribution in [1.29, 1.82) is 0 Å². The summed E-state index contributed by atoms with van der Waals surface area (Å²) in [7, 11) is 0. The van der Waals surface area contributed by atoms with E-state index in [1.807, 2.05) is 6.07 Å². The smallest absolute Gasteiger partial charge is 0.185 e. The van der Waals surface area contributed by atoms with Gasteiger partial charge in [0.15, 0.2) is 5.65 Å². The lowest BCUT2D eigenvalue weighted by molar-refractivity contribution is 0.825. The number of fused-ring (bicyclic) bond motifs is 1. The van der Waals surface area contributed by atoms with E-state index < -0.39 is 0 Å². The molecule has 0 radical (unpaired) electrons. The van der Waals surface area contributed by atoms with E-state index in [9.17, 15) is 0 Å². The van der Waals surface area contributed by atoms with Crippen LogP contribution in [0.5, 0.6) is 0 Å². The molecule has 4 heteroatoms. The van der Waals surface area contributed by atoms with Crippen LogP contribution in [0.1, 0.15) is 25.5 Å². The molecule has 0 bridgehead atoms. The monoisotopic (exact) mass is 174 g/mol. The Morgan fingerprint density at radius 2 is 2.08 bits per heavy atom. The van der Waals surface area contributed by atoms with Gasteiger partial charge in [0.05, 0.1) is 11.9 Å². The Balaban J connectivity index is 2.76. The number of rotatable bonds is 1. The summed E-state index contributed by atoms with van der Waals surface area (Å²) >= 11 is 0. The highest BCUT2D eigenvalue weighted by molar-refractivity contribution is 5.76. The molecular formula is C9H10N4. The molecule has 0 unspecified atom stereocenters. The zero-order valence-electron chi connectivity index (χ0n) is 7.60. The van der Waals surface area contributed by atoms with E-state index in [0.717, 1.165) is 11.1 Å². The molecule has 0 fully saturated rings. The third-order valence-electron chi connectivity index (χ3n) is 1.90. The summed E-state index contributed by atoms with van der Waals surface area (Å²) in [5.41, 5.74) is 1.70. The van der Waals surface area contributed by atoms with Crippen molar-refractivity contribution >= 4 is 11.0 Å². The molecule has 0 spiro atoms. The van der Waals surface area contributed by atoms with Gasteiger partial charge in [0.1, 0.15) is 6.33 Å². The first-order valence-electron chi connectivity index (χ1n) is 4.21. The Morgan fingerprint density at radius 1 is 1.23 bits per heavy atom. The molecule has 0 atom stereocenters. The fourth-order valence-corrected chi connectivity index (χ4v) is 1.29. The van der Waals surface area contributed by atoms with Crippen LogP contribution >= 0.6 is 0 Å². The minimum atomic E-state index is 0.384. The Bertz CT molecular complexity index is 419. The Hall–Kier alpha value is -1.58. The third kappa shape index (κ3) is 1.35. The molecule has 2 aromatic heterocycles. The Morgan fingerprint density at radius 3 is 2.85 bits per heavy atom. The normalized spacial score (nSPS) is 11.0. The molecule has 0 saturated carbocycles. The fourth-order valence-electron chi connectivity index (χ4n) is 1.29. The predicted molar refractivity (Wildman–Crippen MR) is 49.2 cm³/mol. The van der Waals surface area contributed by atoms with Crippen molar-refractivity contribution in [2.45, 2.75) is 19.8 Å². The molecule has 0 aliphatic heterocycles. The quantitative estimate of drug-likeness (QED) is 0.658. The van der Waals surface area contributed by atoms with Crippen LogP contribution in [0.25, 0.3) is 11.0 Å². The van der Waals surface area contributed by atoms with Crippen LogP contribution in [0.2, 0.25) is 0 Å². The molecule has 2 rings (SSSR count). The zero-order chi connectivity index (χ0) is 9.26. The van der Waals surface area contributed by atoms with Crippen molar-refractivity contribution in [3.8, 4) is 0 Å². The molecule has 0 aromatic carbocycles. The summed E-state index contributed by atoms with van der Waals surface area (Å²) in [6.45, 7) is 4.20. The van der Waals surface area contributed by atoms with Crippen molar-refractivity contribution in [2.24, 2.45) is 0 Å². The van der Waals surface area contributed by atoms with Crippen molar-refractivity contribution in [1.82, 2.24) is 20.2 Å². The second-order valence-electron chi connectivity index (χ2n) is 3.18. The highest BCUT2D eigenvalue weighted by Crippen LogP contribution is 2.18. The topological polar surface area (TPSA) is 51.6 Å². The number of aromatic nitrogens is 4. The minimum absolute atomic E-state index is 0.384. The lowest BCUT2D eigenvalue weighted by Gasteiger charge is -2.05. The van der Waals surface area contributed by atoms with Crippen LogP contribution < -0.4 is 0 Å². The molecule has 4 nitrogen and oxygen atoms in total. The average Bonchev–Trinajstić information content (AvgIpc) is 2.17. The van der Waals surface area contributed by atoms with E-state index in [4.69, 9.17) is 0 Å². The fraction of sp³-hybridized carbons (Fsp3) is 0.333. The summed E-state index contributed by atoms with van der Waals surface area (Å²) in [6, 6.07) is 1.90. The van der Waals surface area contributed by atoms with E-state index in [1.54, 1.807) is 6.20 Å². The number of hydrogen-bond donors (Lipinski definition) is 0. The van der Waals surface area contributed by atoms with E-state index in [2.05, 4.69) is 34.0 Å². The van der Waals surface area contributed by atoms with Crippen LogP contribution in [0, 0.1) is 0 Å². The lowest BCUT2D eigenvalue weighted by Crippen LogP contribution is -1.97. The van der Waals surface area contributed by atoms with Crippen molar-refractivity contribution in [2.75, 3.05) is 0 Å². The lowest BCUT2D eigenvalue weighted by atomic mass is 10.1. The van der Waals surface area contributed by atoms with Crippen LogP contribution in [-0.4, -0.2) is 20.2 Å². The summed E-state index contributed by atoms with van der Waals surface area (Å²) in [4.78, 5) is 8.27. The van der Waals surface area contributed by atoms with Gasteiger partial charge >= 0.3 is 0 Å². The van der Waals surface area contributed by atoms with Crippen molar-refractivity contribution in [3.63, 3.8) is 0 Å². The summed E-state index contributed by atoms with van der Waals surface area (Å²) in [6.07, 6.45) is 3.20. The zero-order valence-corrected chi connectivity index (χ0v) is 7.60. The SMILES string of the molecule is CC(C)c1ncnc2nnccc12. The molecule has 0 aliphatic carbocycles. The van der Waals surface area contributed by atoms with Crippen molar-refractivity contribution < 1.29 is 0 Å². The molecule has 0 aliphatic rings. The molecule has 2 aromatic rings. The van der Waals surface area contributed by atoms with Crippen LogP contribution in [0.15, 0.2) is 18.6 Å². The maximum atomic E-state index is 4.23. The number of hydrogen-bond acceptors (Lipinski definition) is 4. The van der Waals surface area contributed by atoms with Gasteiger partial charge in [0, 0.05) is 5.39 Å². The molecule has 0 saturated heterocycles. The van der Waals surface area contributed by atoms with Gasteiger partial charge in [-0.3, -0.25) is 0 Å². The van der Waals surface area contributed by atoms with Gasteiger partial charge < -0.3 is 0 Å². The van der Waals surface area contributed by atoms with E-state index in [-0.39, 0.29) is 0 Å². The van der Waals surface area contributed by atoms with Crippen LogP contribution in [0.4, 0.5) is 0 Å². The summed E-state index contributed by atoms with van der Waals surface area (Å²) < 4.78 is 0. The van der Waals surface area contributed by atoms with Crippen LogP contribution in [0.3, 0.4) is 0 Å². The van der Waals surface area contributed by atoms with Gasteiger partial charge in [-0.25, -0.2) is 9.97 Å². The second kappa shape index (κ2) is 3.05.